The van der Waals surface area contributed by atoms with Crippen molar-refractivity contribution in [3.63, 3.8) is 0 Å². The van der Waals surface area contributed by atoms with Crippen molar-refractivity contribution in [3.05, 3.63) is 39.8 Å². The molecule has 0 radical (unpaired) electrons. The van der Waals surface area contributed by atoms with Crippen LogP contribution in [0.3, 0.4) is 0 Å². The van der Waals surface area contributed by atoms with Gasteiger partial charge in [0.1, 0.15) is 0 Å². The second-order valence-corrected chi connectivity index (χ2v) is 6.08. The van der Waals surface area contributed by atoms with E-state index in [1.807, 2.05) is 12.3 Å². The van der Waals surface area contributed by atoms with Crippen molar-refractivity contribution in [3.8, 4) is 0 Å². The molecule has 1 aromatic heterocycles. The Hall–Kier alpha value is -1.55. The molecule has 1 aromatic carbocycles. The summed E-state index contributed by atoms with van der Waals surface area (Å²) in [6.45, 7) is 4.13. The first-order valence-corrected chi connectivity index (χ1v) is 7.09. The largest absolute Gasteiger partial charge is 0.399 e. The van der Waals surface area contributed by atoms with E-state index in [-0.39, 0.29) is 0 Å². The normalized spacial score (nSPS) is 14.6. The number of thiazole rings is 1. The molecule has 0 unspecified atom stereocenters. The summed E-state index contributed by atoms with van der Waals surface area (Å²) in [6.07, 6.45) is 4.33. The van der Waals surface area contributed by atoms with Gasteiger partial charge in [-0.2, -0.15) is 0 Å². The maximum absolute atomic E-state index is 5.86. The van der Waals surface area contributed by atoms with E-state index in [4.69, 9.17) is 5.73 Å². The molecule has 0 spiro atoms. The molecule has 0 saturated heterocycles. The number of benzene rings is 1. The van der Waals surface area contributed by atoms with E-state index in [1.54, 1.807) is 11.3 Å². The lowest BCUT2D eigenvalue weighted by molar-refractivity contribution is 0.695. The topological polar surface area (TPSA) is 42.2 Å². The van der Waals surface area contributed by atoms with Gasteiger partial charge in [-0.3, -0.25) is 0 Å². The Balaban J connectivity index is 1.87. The van der Waals surface area contributed by atoms with Crippen molar-refractivity contribution in [2.45, 2.75) is 26.3 Å². The number of fused-ring (bicyclic) bond motifs is 1. The fourth-order valence-electron chi connectivity index (χ4n) is 2.53. The molecule has 3 nitrogen and oxygen atoms in total. The zero-order valence-corrected chi connectivity index (χ0v) is 11.3. The molecule has 0 saturated carbocycles. The van der Waals surface area contributed by atoms with Crippen LogP contribution in [0.2, 0.25) is 0 Å². The van der Waals surface area contributed by atoms with Crippen LogP contribution in [0.25, 0.3) is 0 Å². The molecule has 2 aromatic rings. The third-order valence-electron chi connectivity index (χ3n) is 3.33. The molecular formula is C14H17N3S. The Morgan fingerprint density at radius 2 is 2.33 bits per heavy atom. The third kappa shape index (κ3) is 2.20. The van der Waals surface area contributed by atoms with Crippen LogP contribution in [0, 0.1) is 6.92 Å². The maximum atomic E-state index is 5.86. The summed E-state index contributed by atoms with van der Waals surface area (Å²) in [5, 5.41) is 1.14. The molecule has 2 heterocycles. The summed E-state index contributed by atoms with van der Waals surface area (Å²) in [6, 6.07) is 6.26. The van der Waals surface area contributed by atoms with Gasteiger partial charge in [0.25, 0.3) is 0 Å². The van der Waals surface area contributed by atoms with Crippen LogP contribution in [0.4, 0.5) is 11.4 Å². The van der Waals surface area contributed by atoms with Crippen LogP contribution in [-0.2, 0) is 13.0 Å². The Bertz CT molecular complexity index is 562. The minimum atomic E-state index is 0.865. The Morgan fingerprint density at radius 3 is 3.11 bits per heavy atom. The van der Waals surface area contributed by atoms with Crippen molar-refractivity contribution in [1.82, 2.24) is 4.98 Å². The Morgan fingerprint density at radius 1 is 1.44 bits per heavy atom. The maximum Gasteiger partial charge on any atom is 0.0897 e. The van der Waals surface area contributed by atoms with Crippen molar-refractivity contribution in [1.29, 1.82) is 0 Å². The van der Waals surface area contributed by atoms with E-state index in [0.29, 0.717) is 0 Å². The fourth-order valence-corrected chi connectivity index (χ4v) is 3.34. The van der Waals surface area contributed by atoms with Crippen LogP contribution >= 0.6 is 11.3 Å². The van der Waals surface area contributed by atoms with Gasteiger partial charge in [-0.1, -0.05) is 0 Å². The van der Waals surface area contributed by atoms with Gasteiger partial charge in [0.15, 0.2) is 0 Å². The van der Waals surface area contributed by atoms with Gasteiger partial charge < -0.3 is 10.6 Å². The number of aryl methyl sites for hydroxylation is 2. The fraction of sp³-hybridized carbons (Fsp3) is 0.357. The predicted molar refractivity (Wildman–Crippen MR) is 77.1 cm³/mol. The standard InChI is InChI=1S/C14H17N3S/c1-10-16-8-13(18-10)9-17-6-2-3-11-7-12(15)4-5-14(11)17/h4-5,7-8H,2-3,6,9,15H2,1H3. The van der Waals surface area contributed by atoms with Crippen molar-refractivity contribution < 1.29 is 0 Å². The zero-order valence-electron chi connectivity index (χ0n) is 10.5. The molecule has 4 heteroatoms. The summed E-state index contributed by atoms with van der Waals surface area (Å²) in [4.78, 5) is 8.09. The SMILES string of the molecule is Cc1ncc(CN2CCCc3cc(N)ccc32)s1. The Kier molecular flexibility index (Phi) is 2.96. The molecule has 1 aliphatic heterocycles. The number of nitrogens with zero attached hydrogens (tertiary/aromatic N) is 2. The van der Waals surface area contributed by atoms with Gasteiger partial charge in [0.05, 0.1) is 11.6 Å². The minimum absolute atomic E-state index is 0.865. The van der Waals surface area contributed by atoms with Crippen LogP contribution in [-0.4, -0.2) is 11.5 Å². The highest BCUT2D eigenvalue weighted by Gasteiger charge is 2.17. The summed E-state index contributed by atoms with van der Waals surface area (Å²) < 4.78 is 0. The minimum Gasteiger partial charge on any atom is -0.399 e. The van der Waals surface area contributed by atoms with E-state index < -0.39 is 0 Å². The van der Waals surface area contributed by atoms with Gasteiger partial charge in [-0.25, -0.2) is 4.98 Å². The lowest BCUT2D eigenvalue weighted by Crippen LogP contribution is -2.28. The monoisotopic (exact) mass is 259 g/mol. The number of rotatable bonds is 2. The van der Waals surface area contributed by atoms with Gasteiger partial charge in [0, 0.05) is 29.0 Å². The molecule has 0 bridgehead atoms. The van der Waals surface area contributed by atoms with E-state index in [1.165, 1.54) is 22.5 Å². The van der Waals surface area contributed by atoms with Crippen molar-refractivity contribution >= 4 is 22.7 Å². The molecule has 0 amide bonds. The molecule has 0 aliphatic carbocycles. The quantitative estimate of drug-likeness (QED) is 0.843. The second kappa shape index (κ2) is 4.61. The van der Waals surface area contributed by atoms with E-state index >= 15 is 0 Å². The highest BCUT2D eigenvalue weighted by Crippen LogP contribution is 2.30. The van der Waals surface area contributed by atoms with Crippen LogP contribution in [0.5, 0.6) is 0 Å². The van der Waals surface area contributed by atoms with Crippen LogP contribution in [0.15, 0.2) is 24.4 Å². The first-order chi connectivity index (χ1) is 8.72. The lowest BCUT2D eigenvalue weighted by Gasteiger charge is -2.31. The smallest absolute Gasteiger partial charge is 0.0897 e. The zero-order chi connectivity index (χ0) is 12.5. The first kappa shape index (κ1) is 11.5. The average Bonchev–Trinajstić information content (AvgIpc) is 2.75. The molecule has 0 atom stereocenters. The first-order valence-electron chi connectivity index (χ1n) is 6.27. The molecule has 94 valence electrons. The molecule has 3 rings (SSSR count). The molecular weight excluding hydrogens is 242 g/mol. The summed E-state index contributed by atoms with van der Waals surface area (Å²) >= 11 is 1.78. The summed E-state index contributed by atoms with van der Waals surface area (Å²) in [5.41, 5.74) is 9.43. The number of anilines is 2. The molecule has 2 N–H and O–H groups in total. The van der Waals surface area contributed by atoms with E-state index in [9.17, 15) is 0 Å². The van der Waals surface area contributed by atoms with Gasteiger partial charge >= 0.3 is 0 Å². The molecule has 18 heavy (non-hydrogen) atoms. The summed E-state index contributed by atoms with van der Waals surface area (Å²) in [7, 11) is 0. The second-order valence-electron chi connectivity index (χ2n) is 4.76. The van der Waals surface area contributed by atoms with Gasteiger partial charge in [0.2, 0.25) is 0 Å². The number of hydrogen-bond acceptors (Lipinski definition) is 4. The summed E-state index contributed by atoms with van der Waals surface area (Å²) in [5.74, 6) is 0. The Labute approximate surface area is 111 Å². The number of nitrogens with two attached hydrogens (primary N) is 1. The van der Waals surface area contributed by atoms with E-state index in [2.05, 4.69) is 28.9 Å². The predicted octanol–water partition coefficient (Wildman–Crippen LogP) is 2.99. The van der Waals surface area contributed by atoms with Gasteiger partial charge in [-0.05, 0) is 43.5 Å². The average molecular weight is 259 g/mol. The molecule has 0 fully saturated rings. The van der Waals surface area contributed by atoms with Crippen LogP contribution in [0.1, 0.15) is 21.9 Å². The number of nitrogen functional groups attached to an aromatic ring is 1. The van der Waals surface area contributed by atoms with Crippen molar-refractivity contribution in [2.24, 2.45) is 0 Å². The highest BCUT2D eigenvalue weighted by molar-refractivity contribution is 7.11. The molecule has 1 aliphatic rings. The van der Waals surface area contributed by atoms with Crippen molar-refractivity contribution in [2.75, 3.05) is 17.2 Å². The van der Waals surface area contributed by atoms with Gasteiger partial charge in [-0.15, -0.1) is 11.3 Å². The van der Waals surface area contributed by atoms with Crippen LogP contribution < -0.4 is 10.6 Å². The number of aromatic nitrogens is 1. The van der Waals surface area contributed by atoms with E-state index in [0.717, 1.165) is 30.2 Å². The lowest BCUT2D eigenvalue weighted by atomic mass is 10.0. The third-order valence-corrected chi connectivity index (χ3v) is 4.23. The highest BCUT2D eigenvalue weighted by atomic mass is 32.1. The number of hydrogen-bond donors (Lipinski definition) is 1.